The minimum atomic E-state index is -1.29. The molecule has 0 aromatic heterocycles. The lowest BCUT2D eigenvalue weighted by Crippen LogP contribution is -2.08. The summed E-state index contributed by atoms with van der Waals surface area (Å²) in [6.07, 6.45) is 0. The van der Waals surface area contributed by atoms with Crippen molar-refractivity contribution in [3.63, 3.8) is 0 Å². The van der Waals surface area contributed by atoms with Gasteiger partial charge < -0.3 is 10.4 Å². The molecular weight excluding hydrogens is 197 g/mol. The van der Waals surface area contributed by atoms with Gasteiger partial charge in [-0.1, -0.05) is 12.0 Å². The van der Waals surface area contributed by atoms with E-state index in [1.807, 2.05) is 0 Å². The lowest BCUT2D eigenvalue weighted by atomic mass is 10.1. The van der Waals surface area contributed by atoms with Gasteiger partial charge in [-0.25, -0.2) is 9.18 Å². The molecule has 0 saturated heterocycles. The lowest BCUT2D eigenvalue weighted by Gasteiger charge is -2.06. The number of anilines is 1. The second kappa shape index (κ2) is 5.01. The van der Waals surface area contributed by atoms with E-state index in [4.69, 9.17) is 5.11 Å². The molecule has 0 atom stereocenters. The molecule has 1 aromatic rings. The van der Waals surface area contributed by atoms with E-state index in [-0.39, 0.29) is 11.3 Å². The Labute approximate surface area is 86.9 Å². The quantitative estimate of drug-likeness (QED) is 0.745. The van der Waals surface area contributed by atoms with Crippen molar-refractivity contribution in [3.05, 3.63) is 29.6 Å². The first-order valence-corrected chi connectivity index (χ1v) is 4.32. The van der Waals surface area contributed by atoms with Crippen LogP contribution in [0.25, 0.3) is 0 Å². The second-order valence-electron chi connectivity index (χ2n) is 2.75. The molecule has 4 heteroatoms. The Hall–Kier alpha value is -2.02. The average molecular weight is 207 g/mol. The molecule has 0 heterocycles. The Morgan fingerprint density at radius 2 is 2.33 bits per heavy atom. The van der Waals surface area contributed by atoms with Gasteiger partial charge in [0.25, 0.3) is 0 Å². The summed E-state index contributed by atoms with van der Waals surface area (Å²) in [5.41, 5.74) is -0.111. The summed E-state index contributed by atoms with van der Waals surface area (Å²) in [6, 6.07) is 4.06. The number of hydrogen-bond acceptors (Lipinski definition) is 2. The molecule has 0 aliphatic heterocycles. The fraction of sp³-hybridized carbons (Fsp3) is 0.182. The molecule has 0 aliphatic carbocycles. The molecule has 0 radical (unpaired) electrons. The first-order chi connectivity index (χ1) is 7.16. The standard InChI is InChI=1S/C11H10FNO2/c1-2-3-7-13-9-6-4-5-8(12)10(9)11(14)15/h4-6,13H,7H2,1H3,(H,14,15). The van der Waals surface area contributed by atoms with Gasteiger partial charge in [0.1, 0.15) is 11.4 Å². The van der Waals surface area contributed by atoms with E-state index in [0.717, 1.165) is 6.07 Å². The third-order valence-corrected chi connectivity index (χ3v) is 1.77. The van der Waals surface area contributed by atoms with E-state index in [1.165, 1.54) is 12.1 Å². The van der Waals surface area contributed by atoms with Crippen LogP contribution < -0.4 is 5.32 Å². The fourth-order valence-electron chi connectivity index (χ4n) is 1.12. The van der Waals surface area contributed by atoms with E-state index >= 15 is 0 Å². The van der Waals surface area contributed by atoms with Gasteiger partial charge in [0.2, 0.25) is 0 Å². The number of aromatic carboxylic acids is 1. The normalized spacial score (nSPS) is 8.93. The summed E-state index contributed by atoms with van der Waals surface area (Å²) in [7, 11) is 0. The van der Waals surface area contributed by atoms with Gasteiger partial charge in [0.15, 0.2) is 0 Å². The summed E-state index contributed by atoms with van der Waals surface area (Å²) in [4.78, 5) is 10.8. The van der Waals surface area contributed by atoms with Crippen molar-refractivity contribution in [2.24, 2.45) is 0 Å². The summed E-state index contributed by atoms with van der Waals surface area (Å²) < 4.78 is 13.2. The number of carbonyl (C=O) groups is 1. The highest BCUT2D eigenvalue weighted by atomic mass is 19.1. The number of benzene rings is 1. The van der Waals surface area contributed by atoms with Gasteiger partial charge in [0, 0.05) is 0 Å². The lowest BCUT2D eigenvalue weighted by molar-refractivity contribution is 0.0693. The first-order valence-electron chi connectivity index (χ1n) is 4.32. The van der Waals surface area contributed by atoms with Crippen LogP contribution in [-0.4, -0.2) is 17.6 Å². The van der Waals surface area contributed by atoms with Crippen LogP contribution in [0.2, 0.25) is 0 Å². The Morgan fingerprint density at radius 3 is 2.93 bits per heavy atom. The topological polar surface area (TPSA) is 49.3 Å². The van der Waals surface area contributed by atoms with Gasteiger partial charge in [-0.05, 0) is 19.1 Å². The average Bonchev–Trinajstić information content (AvgIpc) is 2.17. The molecule has 2 N–H and O–H groups in total. The molecule has 0 unspecified atom stereocenters. The maximum atomic E-state index is 13.2. The number of rotatable bonds is 3. The van der Waals surface area contributed by atoms with Crippen LogP contribution in [0, 0.1) is 17.7 Å². The Morgan fingerprint density at radius 1 is 1.60 bits per heavy atom. The maximum Gasteiger partial charge on any atom is 0.340 e. The number of nitrogens with one attached hydrogen (secondary N) is 1. The Balaban J connectivity index is 2.99. The van der Waals surface area contributed by atoms with Crippen LogP contribution in [0.4, 0.5) is 10.1 Å². The highest BCUT2D eigenvalue weighted by molar-refractivity contribution is 5.94. The van der Waals surface area contributed by atoms with E-state index < -0.39 is 11.8 Å². The molecule has 1 aromatic carbocycles. The van der Waals surface area contributed by atoms with Crippen LogP contribution in [0.1, 0.15) is 17.3 Å². The Bertz CT molecular complexity index is 432. The van der Waals surface area contributed by atoms with Crippen molar-refractivity contribution in [1.82, 2.24) is 0 Å². The van der Waals surface area contributed by atoms with E-state index in [9.17, 15) is 9.18 Å². The highest BCUT2D eigenvalue weighted by Gasteiger charge is 2.14. The van der Waals surface area contributed by atoms with Crippen molar-refractivity contribution in [3.8, 4) is 11.8 Å². The van der Waals surface area contributed by atoms with Crippen LogP contribution in [-0.2, 0) is 0 Å². The number of carboxylic acid groups (broad SMARTS) is 1. The van der Waals surface area contributed by atoms with Crippen molar-refractivity contribution in [2.45, 2.75) is 6.92 Å². The molecule has 0 spiro atoms. The number of halogens is 1. The second-order valence-corrected chi connectivity index (χ2v) is 2.75. The molecule has 0 amide bonds. The third kappa shape index (κ3) is 2.71. The predicted octanol–water partition coefficient (Wildman–Crippen LogP) is 1.96. The zero-order chi connectivity index (χ0) is 11.3. The molecule has 0 bridgehead atoms. The van der Waals surface area contributed by atoms with Crippen LogP contribution in [0.3, 0.4) is 0 Å². The monoisotopic (exact) mass is 207 g/mol. The van der Waals surface area contributed by atoms with E-state index in [2.05, 4.69) is 17.2 Å². The van der Waals surface area contributed by atoms with Crippen molar-refractivity contribution in [1.29, 1.82) is 0 Å². The number of hydrogen-bond donors (Lipinski definition) is 2. The summed E-state index contributed by atoms with van der Waals surface area (Å²) in [5, 5.41) is 11.5. The van der Waals surface area contributed by atoms with Crippen molar-refractivity contribution < 1.29 is 14.3 Å². The zero-order valence-electron chi connectivity index (χ0n) is 8.17. The van der Waals surface area contributed by atoms with Crippen LogP contribution >= 0.6 is 0 Å². The minimum absolute atomic E-state index is 0.241. The molecule has 78 valence electrons. The zero-order valence-corrected chi connectivity index (χ0v) is 8.17. The van der Waals surface area contributed by atoms with Gasteiger partial charge in [-0.15, -0.1) is 5.92 Å². The highest BCUT2D eigenvalue weighted by Crippen LogP contribution is 2.18. The molecular formula is C11H10FNO2. The molecule has 0 aliphatic rings. The van der Waals surface area contributed by atoms with Crippen LogP contribution in [0.15, 0.2) is 18.2 Å². The SMILES string of the molecule is CC#CCNc1cccc(F)c1C(=O)O. The molecule has 15 heavy (non-hydrogen) atoms. The molecule has 1 rings (SSSR count). The van der Waals surface area contributed by atoms with Gasteiger partial charge >= 0.3 is 5.97 Å². The van der Waals surface area contributed by atoms with Crippen molar-refractivity contribution >= 4 is 11.7 Å². The molecule has 0 fully saturated rings. The number of carboxylic acids is 1. The molecule has 0 saturated carbocycles. The first kappa shape index (κ1) is 11.1. The summed E-state index contributed by atoms with van der Waals surface area (Å²) >= 11 is 0. The smallest absolute Gasteiger partial charge is 0.340 e. The van der Waals surface area contributed by atoms with Crippen molar-refractivity contribution in [2.75, 3.05) is 11.9 Å². The minimum Gasteiger partial charge on any atom is -0.478 e. The summed E-state index contributed by atoms with van der Waals surface area (Å²) in [5.74, 6) is 3.31. The van der Waals surface area contributed by atoms with E-state index in [0.29, 0.717) is 6.54 Å². The Kier molecular flexibility index (Phi) is 3.69. The predicted molar refractivity (Wildman–Crippen MR) is 55.3 cm³/mol. The summed E-state index contributed by atoms with van der Waals surface area (Å²) in [6.45, 7) is 1.96. The van der Waals surface area contributed by atoms with Gasteiger partial charge in [0.05, 0.1) is 12.2 Å². The largest absolute Gasteiger partial charge is 0.478 e. The van der Waals surface area contributed by atoms with E-state index in [1.54, 1.807) is 6.92 Å². The fourth-order valence-corrected chi connectivity index (χ4v) is 1.12. The van der Waals surface area contributed by atoms with Gasteiger partial charge in [-0.2, -0.15) is 0 Å². The van der Waals surface area contributed by atoms with Crippen LogP contribution in [0.5, 0.6) is 0 Å². The third-order valence-electron chi connectivity index (χ3n) is 1.77. The maximum absolute atomic E-state index is 13.2. The molecule has 3 nitrogen and oxygen atoms in total. The van der Waals surface area contributed by atoms with Gasteiger partial charge in [-0.3, -0.25) is 0 Å².